The molecule has 2 aromatic rings. The van der Waals surface area contributed by atoms with Crippen molar-refractivity contribution in [3.05, 3.63) is 64.2 Å². The summed E-state index contributed by atoms with van der Waals surface area (Å²) >= 11 is 0. The van der Waals surface area contributed by atoms with E-state index in [1.807, 2.05) is 26.0 Å². The average Bonchev–Trinajstić information content (AvgIpc) is 2.57. The van der Waals surface area contributed by atoms with Crippen molar-refractivity contribution in [2.24, 2.45) is 0 Å². The van der Waals surface area contributed by atoms with Gasteiger partial charge < -0.3 is 10.1 Å². The van der Waals surface area contributed by atoms with Crippen LogP contribution in [0.25, 0.3) is 0 Å². The number of hydrogen-bond acceptors (Lipinski definition) is 2. The van der Waals surface area contributed by atoms with Gasteiger partial charge in [0.05, 0.1) is 6.04 Å². The first kappa shape index (κ1) is 19.0. The number of carbonyl (C=O) groups excluding carboxylic acids is 1. The third-order valence-electron chi connectivity index (χ3n) is 4.66. The molecular formula is C22H29NO2. The number of hydrogen-bond donors (Lipinski definition) is 1. The number of ether oxygens (including phenoxy) is 1. The Bertz CT molecular complexity index is 752. The zero-order chi connectivity index (χ0) is 18.6. The van der Waals surface area contributed by atoms with Crippen molar-refractivity contribution in [2.45, 2.75) is 60.1 Å². The quantitative estimate of drug-likeness (QED) is 0.808. The zero-order valence-electron chi connectivity index (χ0n) is 16.1. The highest BCUT2D eigenvalue weighted by Gasteiger charge is 2.20. The second kappa shape index (κ2) is 8.19. The predicted octanol–water partition coefficient (Wildman–Crippen LogP) is 4.96. The number of carbonyl (C=O) groups is 1. The van der Waals surface area contributed by atoms with Crippen LogP contribution in [0.4, 0.5) is 0 Å². The lowest BCUT2D eigenvalue weighted by atomic mass is 9.99. The van der Waals surface area contributed by atoms with Gasteiger partial charge in [-0.15, -0.1) is 0 Å². The number of aryl methyl sites for hydroxylation is 4. The molecule has 0 aliphatic heterocycles. The van der Waals surface area contributed by atoms with Crippen LogP contribution < -0.4 is 10.1 Å². The molecule has 0 aromatic heterocycles. The van der Waals surface area contributed by atoms with Gasteiger partial charge in [0.15, 0.2) is 6.10 Å². The third kappa shape index (κ3) is 4.85. The lowest BCUT2D eigenvalue weighted by Gasteiger charge is -2.22. The van der Waals surface area contributed by atoms with Crippen LogP contribution in [-0.4, -0.2) is 12.0 Å². The summed E-state index contributed by atoms with van der Waals surface area (Å²) in [6.07, 6.45) is 0.298. The maximum atomic E-state index is 12.6. The number of nitrogens with one attached hydrogen (secondary N) is 1. The maximum absolute atomic E-state index is 12.6. The minimum atomic E-state index is -0.540. The van der Waals surface area contributed by atoms with E-state index in [0.29, 0.717) is 0 Å². The highest BCUT2D eigenvalue weighted by molar-refractivity contribution is 5.81. The van der Waals surface area contributed by atoms with Crippen molar-refractivity contribution < 1.29 is 9.53 Å². The Labute approximate surface area is 151 Å². The van der Waals surface area contributed by atoms with Crippen molar-refractivity contribution in [3.63, 3.8) is 0 Å². The monoisotopic (exact) mass is 339 g/mol. The third-order valence-corrected chi connectivity index (χ3v) is 4.66. The molecular weight excluding hydrogens is 310 g/mol. The van der Waals surface area contributed by atoms with Gasteiger partial charge in [0, 0.05) is 0 Å². The maximum Gasteiger partial charge on any atom is 0.261 e. The summed E-state index contributed by atoms with van der Waals surface area (Å²) in [5.74, 6) is 0.664. The molecule has 0 unspecified atom stereocenters. The lowest BCUT2D eigenvalue weighted by Crippen LogP contribution is -2.38. The molecule has 0 radical (unpaired) electrons. The average molecular weight is 339 g/mol. The van der Waals surface area contributed by atoms with E-state index in [-0.39, 0.29) is 11.9 Å². The SMILES string of the molecule is CC[C@H](NC(=O)[C@@H](C)Oc1ccc(C)cc1C)c1ccc(C)c(C)c1. The van der Waals surface area contributed by atoms with Gasteiger partial charge in [-0.1, -0.05) is 42.8 Å². The second-order valence-corrected chi connectivity index (χ2v) is 6.84. The molecule has 0 heterocycles. The fourth-order valence-electron chi connectivity index (χ4n) is 2.87. The molecule has 25 heavy (non-hydrogen) atoms. The fraction of sp³-hybridized carbons (Fsp3) is 0.409. The van der Waals surface area contributed by atoms with Gasteiger partial charge in [-0.25, -0.2) is 0 Å². The summed E-state index contributed by atoms with van der Waals surface area (Å²) in [6.45, 7) is 12.1. The van der Waals surface area contributed by atoms with Crippen LogP contribution in [0.15, 0.2) is 36.4 Å². The van der Waals surface area contributed by atoms with Gasteiger partial charge in [-0.05, 0) is 69.4 Å². The highest BCUT2D eigenvalue weighted by atomic mass is 16.5. The largest absolute Gasteiger partial charge is 0.481 e. The molecule has 3 nitrogen and oxygen atoms in total. The molecule has 134 valence electrons. The topological polar surface area (TPSA) is 38.3 Å². The first-order valence-electron chi connectivity index (χ1n) is 8.93. The summed E-state index contributed by atoms with van der Waals surface area (Å²) in [6, 6.07) is 12.3. The van der Waals surface area contributed by atoms with Gasteiger partial charge >= 0.3 is 0 Å². The Morgan fingerprint density at radius 2 is 1.72 bits per heavy atom. The number of benzene rings is 2. The molecule has 0 saturated heterocycles. The first-order valence-corrected chi connectivity index (χ1v) is 8.93. The minimum Gasteiger partial charge on any atom is -0.481 e. The Kier molecular flexibility index (Phi) is 6.24. The smallest absolute Gasteiger partial charge is 0.261 e. The van der Waals surface area contributed by atoms with Crippen LogP contribution in [0.3, 0.4) is 0 Å². The molecule has 0 aliphatic rings. The van der Waals surface area contributed by atoms with E-state index in [0.717, 1.165) is 23.3 Å². The van der Waals surface area contributed by atoms with E-state index in [9.17, 15) is 4.79 Å². The summed E-state index contributed by atoms with van der Waals surface area (Å²) in [7, 11) is 0. The van der Waals surface area contributed by atoms with Gasteiger partial charge in [0.2, 0.25) is 0 Å². The van der Waals surface area contributed by atoms with Gasteiger partial charge in [0.1, 0.15) is 5.75 Å². The van der Waals surface area contributed by atoms with E-state index >= 15 is 0 Å². The summed E-state index contributed by atoms with van der Waals surface area (Å²) < 4.78 is 5.87. The summed E-state index contributed by atoms with van der Waals surface area (Å²) in [5.41, 5.74) is 5.86. The van der Waals surface area contributed by atoms with Crippen LogP contribution in [0.5, 0.6) is 5.75 Å². The van der Waals surface area contributed by atoms with Crippen molar-refractivity contribution in [1.82, 2.24) is 5.32 Å². The molecule has 2 aromatic carbocycles. The van der Waals surface area contributed by atoms with Crippen LogP contribution >= 0.6 is 0 Å². The van der Waals surface area contributed by atoms with E-state index in [4.69, 9.17) is 4.74 Å². The van der Waals surface area contributed by atoms with Crippen LogP contribution in [0, 0.1) is 27.7 Å². The van der Waals surface area contributed by atoms with Gasteiger partial charge in [-0.3, -0.25) is 4.79 Å². The molecule has 2 rings (SSSR count). The van der Waals surface area contributed by atoms with Gasteiger partial charge in [-0.2, -0.15) is 0 Å². The predicted molar refractivity (Wildman–Crippen MR) is 103 cm³/mol. The van der Waals surface area contributed by atoms with Crippen LogP contribution in [-0.2, 0) is 4.79 Å². The van der Waals surface area contributed by atoms with E-state index in [1.165, 1.54) is 16.7 Å². The molecule has 0 fully saturated rings. The Balaban J connectivity index is 2.06. The molecule has 3 heteroatoms. The van der Waals surface area contributed by atoms with Crippen molar-refractivity contribution >= 4 is 5.91 Å². The molecule has 1 amide bonds. The first-order chi connectivity index (χ1) is 11.8. The summed E-state index contributed by atoms with van der Waals surface area (Å²) in [5, 5.41) is 3.12. The van der Waals surface area contributed by atoms with E-state index < -0.39 is 6.10 Å². The molecule has 2 atom stereocenters. The highest BCUT2D eigenvalue weighted by Crippen LogP contribution is 2.22. The zero-order valence-corrected chi connectivity index (χ0v) is 16.1. The van der Waals surface area contributed by atoms with Crippen molar-refractivity contribution in [2.75, 3.05) is 0 Å². The van der Waals surface area contributed by atoms with E-state index in [2.05, 4.69) is 50.4 Å². The van der Waals surface area contributed by atoms with Crippen molar-refractivity contribution in [3.8, 4) is 5.75 Å². The van der Waals surface area contributed by atoms with E-state index in [1.54, 1.807) is 6.92 Å². The summed E-state index contributed by atoms with van der Waals surface area (Å²) in [4.78, 5) is 12.6. The lowest BCUT2D eigenvalue weighted by molar-refractivity contribution is -0.128. The number of amides is 1. The van der Waals surface area contributed by atoms with Crippen LogP contribution in [0.2, 0.25) is 0 Å². The van der Waals surface area contributed by atoms with Crippen molar-refractivity contribution in [1.29, 1.82) is 0 Å². The molecule has 1 N–H and O–H groups in total. The fourth-order valence-corrected chi connectivity index (χ4v) is 2.87. The van der Waals surface area contributed by atoms with Crippen LogP contribution in [0.1, 0.15) is 54.1 Å². The Morgan fingerprint density at radius 1 is 1.00 bits per heavy atom. The molecule has 0 saturated carbocycles. The molecule has 0 spiro atoms. The standard InChI is InChI=1S/C22H29NO2/c1-7-20(19-10-9-15(3)16(4)13-19)23-22(24)18(6)25-21-11-8-14(2)12-17(21)5/h8-13,18,20H,7H2,1-6H3,(H,23,24)/t18-,20+/m1/s1. The number of rotatable bonds is 6. The Hall–Kier alpha value is -2.29. The normalized spacial score (nSPS) is 13.2. The minimum absolute atomic E-state index is 0.00281. The Morgan fingerprint density at radius 3 is 2.32 bits per heavy atom. The van der Waals surface area contributed by atoms with Gasteiger partial charge in [0.25, 0.3) is 5.91 Å². The molecule has 0 aliphatic carbocycles. The second-order valence-electron chi connectivity index (χ2n) is 6.84. The molecule has 0 bridgehead atoms.